The molecule has 3 aliphatic heterocycles. The van der Waals surface area contributed by atoms with Crippen LogP contribution in [0.3, 0.4) is 0 Å². The second-order valence-electron chi connectivity index (χ2n) is 3.17. The molecule has 0 aliphatic carbocycles. The van der Waals surface area contributed by atoms with Gasteiger partial charge >= 0.3 is 0 Å². The molecule has 6 nitrogen and oxygen atoms in total. The molecule has 0 aromatic heterocycles. The van der Waals surface area contributed by atoms with Crippen molar-refractivity contribution in [2.45, 2.75) is 6.54 Å². The van der Waals surface area contributed by atoms with Crippen molar-refractivity contribution in [1.29, 1.82) is 0 Å². The first-order chi connectivity index (χ1) is 6.84. The minimum absolute atomic E-state index is 0.649. The van der Waals surface area contributed by atoms with Crippen molar-refractivity contribution in [2.75, 3.05) is 5.32 Å². The topological polar surface area (TPSA) is 81.7 Å². The fourth-order valence-corrected chi connectivity index (χ4v) is 1.54. The minimum Gasteiger partial charge on any atom is -0.399 e. The van der Waals surface area contributed by atoms with Gasteiger partial charge < -0.3 is 15.6 Å². The average Bonchev–Trinajstić information content (AvgIpc) is 2.65. The Balaban J connectivity index is 2.23. The molecule has 0 aromatic carbocycles. The molecule has 0 atom stereocenters. The van der Waals surface area contributed by atoms with Gasteiger partial charge in [-0.3, -0.25) is 0 Å². The molecule has 0 fully saturated rings. The first-order valence-corrected chi connectivity index (χ1v) is 4.22. The zero-order valence-electron chi connectivity index (χ0n) is 7.31. The smallest absolute Gasteiger partial charge is 0.188 e. The van der Waals surface area contributed by atoms with Crippen LogP contribution in [0.15, 0.2) is 24.4 Å². The number of hydrogen-bond acceptors (Lipinski definition) is 5. The van der Waals surface area contributed by atoms with Gasteiger partial charge in [0.2, 0.25) is 0 Å². The normalized spacial score (nSPS) is 14.7. The fourth-order valence-electron chi connectivity index (χ4n) is 1.54. The lowest BCUT2D eigenvalue weighted by atomic mass is 10.2. The number of nitrogens with one attached hydrogen (secondary N) is 1. The van der Waals surface area contributed by atoms with Gasteiger partial charge in [0.05, 0.1) is 24.6 Å². The Kier molecular flexibility index (Phi) is 1.27. The van der Waals surface area contributed by atoms with E-state index >= 15 is 0 Å². The van der Waals surface area contributed by atoms with Gasteiger partial charge in [-0.15, -0.1) is 5.10 Å². The molecule has 0 aromatic rings. The summed E-state index contributed by atoms with van der Waals surface area (Å²) in [7, 11) is 0. The van der Waals surface area contributed by atoms with E-state index in [0.717, 1.165) is 17.1 Å². The van der Waals surface area contributed by atoms with E-state index in [9.17, 15) is 0 Å². The lowest BCUT2D eigenvalue weighted by molar-refractivity contribution is 0.739. The maximum Gasteiger partial charge on any atom is 0.188 e. The number of nitrogens with two attached hydrogens (primary N) is 1. The number of anilines is 1. The second kappa shape index (κ2) is 2.44. The molecule has 3 aliphatic rings. The summed E-state index contributed by atoms with van der Waals surface area (Å²) in [6.07, 6.45) is 5.18. The predicted molar refractivity (Wildman–Crippen MR) is 50.3 cm³/mol. The summed E-state index contributed by atoms with van der Waals surface area (Å²) in [5.74, 6) is 1.59. The van der Waals surface area contributed by atoms with Gasteiger partial charge in [-0.2, -0.15) is 5.10 Å². The number of fused-ring (bicyclic) bond motifs is 3. The van der Waals surface area contributed by atoms with Crippen molar-refractivity contribution in [1.82, 2.24) is 19.7 Å². The van der Waals surface area contributed by atoms with Gasteiger partial charge in [0, 0.05) is 11.9 Å². The average molecular weight is 188 g/mol. The number of hydrogen-bond donors (Lipinski definition) is 2. The van der Waals surface area contributed by atoms with E-state index < -0.39 is 0 Å². The summed E-state index contributed by atoms with van der Waals surface area (Å²) in [5, 5.41) is 10.8. The quantitative estimate of drug-likeness (QED) is 0.608. The van der Waals surface area contributed by atoms with E-state index in [2.05, 4.69) is 20.5 Å². The highest BCUT2D eigenvalue weighted by Gasteiger charge is 2.17. The Morgan fingerprint density at radius 2 is 2.43 bits per heavy atom. The maximum absolute atomic E-state index is 5.69. The van der Waals surface area contributed by atoms with E-state index in [1.165, 1.54) is 0 Å². The van der Waals surface area contributed by atoms with Crippen molar-refractivity contribution in [3.8, 4) is 11.4 Å². The van der Waals surface area contributed by atoms with Crippen molar-refractivity contribution >= 4 is 5.82 Å². The first kappa shape index (κ1) is 7.31. The van der Waals surface area contributed by atoms with E-state index in [-0.39, 0.29) is 0 Å². The Hall–Kier alpha value is -2.11. The predicted octanol–water partition coefficient (Wildman–Crippen LogP) is 0.00350. The number of aromatic nitrogens is 4. The molecule has 0 saturated carbocycles. The molecule has 3 heterocycles. The monoisotopic (exact) mass is 188 g/mol. The van der Waals surface area contributed by atoms with Crippen molar-refractivity contribution in [3.05, 3.63) is 24.4 Å². The highest BCUT2D eigenvalue weighted by Crippen LogP contribution is 2.27. The Labute approximate surface area is 79.8 Å². The number of nitrogens with zero attached hydrogens (tertiary/aromatic N) is 4. The van der Waals surface area contributed by atoms with Crippen LogP contribution < -0.4 is 11.1 Å². The zero-order valence-corrected chi connectivity index (χ0v) is 7.31. The van der Waals surface area contributed by atoms with E-state index in [1.807, 2.05) is 4.57 Å². The molecule has 3 rings (SSSR count). The molecule has 0 saturated heterocycles. The zero-order chi connectivity index (χ0) is 9.54. The summed E-state index contributed by atoms with van der Waals surface area (Å²) in [6, 6.07) is 0. The maximum atomic E-state index is 5.69. The molecule has 6 heteroatoms. The Morgan fingerprint density at radius 1 is 1.50 bits per heavy atom. The van der Waals surface area contributed by atoms with Crippen LogP contribution in [-0.2, 0) is 6.54 Å². The molecule has 70 valence electrons. The molecule has 0 spiro atoms. The standard InChI is InChI=1S/C8H8N6/c9-5-1-10-8-6-2-12-13-7(6)11-4-14(8)3-5/h1-2,4,10H,3,9H2. The molecular formula is C8H8N6. The molecule has 0 bridgehead atoms. The van der Waals surface area contributed by atoms with Crippen LogP contribution in [0, 0.1) is 0 Å². The second-order valence-corrected chi connectivity index (χ2v) is 3.17. The van der Waals surface area contributed by atoms with Gasteiger partial charge in [-0.1, -0.05) is 0 Å². The van der Waals surface area contributed by atoms with E-state index in [0.29, 0.717) is 12.4 Å². The number of allylic oxidation sites excluding steroid dienone is 1. The van der Waals surface area contributed by atoms with Crippen molar-refractivity contribution < 1.29 is 0 Å². The van der Waals surface area contributed by atoms with Crippen LogP contribution in [0.4, 0.5) is 5.82 Å². The van der Waals surface area contributed by atoms with Crippen LogP contribution >= 0.6 is 0 Å². The molecule has 0 unspecified atom stereocenters. The van der Waals surface area contributed by atoms with Crippen LogP contribution in [0.25, 0.3) is 11.4 Å². The first-order valence-electron chi connectivity index (χ1n) is 4.22. The molecular weight excluding hydrogens is 180 g/mol. The summed E-state index contributed by atoms with van der Waals surface area (Å²) in [5.41, 5.74) is 7.38. The van der Waals surface area contributed by atoms with Crippen LogP contribution in [0.5, 0.6) is 0 Å². The van der Waals surface area contributed by atoms with Gasteiger partial charge in [-0.25, -0.2) is 4.98 Å². The summed E-state index contributed by atoms with van der Waals surface area (Å²) < 4.78 is 1.93. The summed E-state index contributed by atoms with van der Waals surface area (Å²) >= 11 is 0. The Bertz CT molecular complexity index is 485. The summed E-state index contributed by atoms with van der Waals surface area (Å²) in [6.45, 7) is 0.649. The van der Waals surface area contributed by atoms with Crippen LogP contribution in [0.1, 0.15) is 0 Å². The molecule has 3 N–H and O–H groups in total. The molecule has 0 amide bonds. The fraction of sp³-hybridized carbons (Fsp3) is 0.125. The lowest BCUT2D eigenvalue weighted by Crippen LogP contribution is -2.19. The van der Waals surface area contributed by atoms with Crippen molar-refractivity contribution in [2.24, 2.45) is 5.73 Å². The van der Waals surface area contributed by atoms with Crippen LogP contribution in [0.2, 0.25) is 0 Å². The largest absolute Gasteiger partial charge is 0.399 e. The van der Waals surface area contributed by atoms with E-state index in [1.54, 1.807) is 18.7 Å². The Morgan fingerprint density at radius 3 is 3.36 bits per heavy atom. The highest BCUT2D eigenvalue weighted by molar-refractivity contribution is 5.71. The minimum atomic E-state index is 0.649. The van der Waals surface area contributed by atoms with Gasteiger partial charge in [0.1, 0.15) is 5.82 Å². The van der Waals surface area contributed by atoms with Gasteiger partial charge in [0.15, 0.2) is 5.82 Å². The third kappa shape index (κ3) is 0.875. The number of rotatable bonds is 0. The van der Waals surface area contributed by atoms with Crippen LogP contribution in [-0.4, -0.2) is 19.7 Å². The van der Waals surface area contributed by atoms with E-state index in [4.69, 9.17) is 5.73 Å². The molecule has 14 heavy (non-hydrogen) atoms. The third-order valence-electron chi connectivity index (χ3n) is 2.19. The molecule has 0 radical (unpaired) electrons. The van der Waals surface area contributed by atoms with Crippen molar-refractivity contribution in [3.63, 3.8) is 0 Å². The third-order valence-corrected chi connectivity index (χ3v) is 2.19. The van der Waals surface area contributed by atoms with Gasteiger partial charge in [0.25, 0.3) is 0 Å². The lowest BCUT2D eigenvalue weighted by Gasteiger charge is -2.20. The van der Waals surface area contributed by atoms with Gasteiger partial charge in [-0.05, 0) is 0 Å². The summed E-state index contributed by atoms with van der Waals surface area (Å²) in [4.78, 5) is 4.16. The SMILES string of the molecule is NC1=CNc2c3cnnc-3ncn2C1. The highest BCUT2D eigenvalue weighted by atomic mass is 15.2.